The van der Waals surface area contributed by atoms with Gasteiger partial charge in [0.25, 0.3) is 0 Å². The molecule has 2 atom stereocenters. The number of hydrogen-bond donors (Lipinski definition) is 0. The first kappa shape index (κ1) is 15.0. The Bertz CT molecular complexity index is 769. The topological polar surface area (TPSA) is 11.4 Å². The van der Waals surface area contributed by atoms with Gasteiger partial charge in [-0.05, 0) is 69.9 Å². The van der Waals surface area contributed by atoms with E-state index in [-0.39, 0.29) is 0 Å². The first-order valence-corrected chi connectivity index (χ1v) is 9.78. The third kappa shape index (κ3) is 2.18. The van der Waals surface area contributed by atoms with Crippen molar-refractivity contribution in [1.29, 1.82) is 0 Å². The van der Waals surface area contributed by atoms with Gasteiger partial charge < -0.3 is 9.47 Å². The molecule has 128 valence electrons. The molecule has 3 nitrogen and oxygen atoms in total. The summed E-state index contributed by atoms with van der Waals surface area (Å²) < 4.78 is 2.69. The molecule has 0 N–H and O–H groups in total. The van der Waals surface area contributed by atoms with E-state index in [0.717, 1.165) is 6.04 Å². The molecule has 5 rings (SSSR count). The maximum atomic E-state index is 2.69. The van der Waals surface area contributed by atoms with Crippen molar-refractivity contribution >= 4 is 10.9 Å². The molecule has 3 aliphatic rings. The number of likely N-dealkylation sites (tertiary alicyclic amines) is 1. The Hall–Kier alpha value is -1.32. The highest BCUT2D eigenvalue weighted by molar-refractivity contribution is 5.87. The molecular formula is C21H29N3. The SMILES string of the molecule is Cc1ccc2c3c(n(CCN4CCCC4)c2c1)CC1CCC3N1C. The van der Waals surface area contributed by atoms with Gasteiger partial charge in [-0.3, -0.25) is 4.90 Å². The van der Waals surface area contributed by atoms with Crippen molar-refractivity contribution in [3.05, 3.63) is 35.0 Å². The van der Waals surface area contributed by atoms with Gasteiger partial charge in [0, 0.05) is 48.2 Å². The van der Waals surface area contributed by atoms with Crippen LogP contribution in [0.15, 0.2) is 18.2 Å². The summed E-state index contributed by atoms with van der Waals surface area (Å²) in [6.45, 7) is 7.21. The van der Waals surface area contributed by atoms with Crippen molar-refractivity contribution in [3.63, 3.8) is 0 Å². The third-order valence-electron chi connectivity index (χ3n) is 6.81. The lowest BCUT2D eigenvalue weighted by Gasteiger charge is -2.32. The predicted octanol–water partition coefficient (Wildman–Crippen LogP) is 3.74. The normalized spacial score (nSPS) is 27.2. The summed E-state index contributed by atoms with van der Waals surface area (Å²) >= 11 is 0. The fourth-order valence-corrected chi connectivity index (χ4v) is 5.46. The molecule has 2 saturated heterocycles. The first-order valence-electron chi connectivity index (χ1n) is 9.78. The maximum Gasteiger partial charge on any atom is 0.0489 e. The molecule has 3 heteroatoms. The van der Waals surface area contributed by atoms with Crippen LogP contribution in [-0.2, 0) is 13.0 Å². The Morgan fingerprint density at radius 1 is 1.08 bits per heavy atom. The zero-order valence-electron chi connectivity index (χ0n) is 15.1. The molecule has 2 aromatic rings. The summed E-state index contributed by atoms with van der Waals surface area (Å²) in [6, 6.07) is 8.53. The molecule has 24 heavy (non-hydrogen) atoms. The van der Waals surface area contributed by atoms with Crippen LogP contribution in [0.2, 0.25) is 0 Å². The Morgan fingerprint density at radius 2 is 1.92 bits per heavy atom. The van der Waals surface area contributed by atoms with Crippen molar-refractivity contribution < 1.29 is 0 Å². The van der Waals surface area contributed by atoms with Crippen LogP contribution in [0.5, 0.6) is 0 Å². The predicted molar refractivity (Wildman–Crippen MR) is 99.6 cm³/mol. The molecule has 3 aliphatic heterocycles. The van der Waals surface area contributed by atoms with Crippen LogP contribution in [0.1, 0.15) is 48.5 Å². The summed E-state index contributed by atoms with van der Waals surface area (Å²) in [5.74, 6) is 0. The molecular weight excluding hydrogens is 294 g/mol. The van der Waals surface area contributed by atoms with Crippen LogP contribution in [0.3, 0.4) is 0 Å². The second kappa shape index (κ2) is 5.60. The van der Waals surface area contributed by atoms with Gasteiger partial charge in [-0.1, -0.05) is 12.1 Å². The second-order valence-corrected chi connectivity index (χ2v) is 8.20. The monoisotopic (exact) mass is 323 g/mol. The van der Waals surface area contributed by atoms with E-state index in [9.17, 15) is 0 Å². The highest BCUT2D eigenvalue weighted by Gasteiger charge is 2.40. The lowest BCUT2D eigenvalue weighted by molar-refractivity contribution is 0.221. The first-order chi connectivity index (χ1) is 11.7. The number of likely N-dealkylation sites (N-methyl/N-ethyl adjacent to an activating group) is 1. The molecule has 1 aromatic carbocycles. The molecule has 0 radical (unpaired) electrons. The van der Waals surface area contributed by atoms with Crippen molar-refractivity contribution in [1.82, 2.24) is 14.4 Å². The Kier molecular flexibility index (Phi) is 3.50. The summed E-state index contributed by atoms with van der Waals surface area (Å²) in [4.78, 5) is 5.30. The van der Waals surface area contributed by atoms with Gasteiger partial charge in [0.15, 0.2) is 0 Å². The lowest BCUT2D eigenvalue weighted by Crippen LogP contribution is -2.35. The zero-order chi connectivity index (χ0) is 16.3. The van der Waals surface area contributed by atoms with Gasteiger partial charge in [-0.2, -0.15) is 0 Å². The van der Waals surface area contributed by atoms with Crippen molar-refractivity contribution in [2.75, 3.05) is 26.7 Å². The molecule has 4 heterocycles. The minimum absolute atomic E-state index is 0.650. The molecule has 0 amide bonds. The average molecular weight is 323 g/mol. The van der Waals surface area contributed by atoms with Gasteiger partial charge in [0.1, 0.15) is 0 Å². The summed E-state index contributed by atoms with van der Waals surface area (Å²) in [6.07, 6.45) is 6.73. The van der Waals surface area contributed by atoms with Crippen LogP contribution in [0.25, 0.3) is 10.9 Å². The molecule has 0 saturated carbocycles. The molecule has 2 bridgehead atoms. The summed E-state index contributed by atoms with van der Waals surface area (Å²) in [5.41, 5.74) is 6.18. The third-order valence-corrected chi connectivity index (χ3v) is 6.81. The number of hydrogen-bond acceptors (Lipinski definition) is 2. The van der Waals surface area contributed by atoms with Crippen molar-refractivity contribution in [2.24, 2.45) is 0 Å². The van der Waals surface area contributed by atoms with Crippen molar-refractivity contribution in [2.45, 2.75) is 57.7 Å². The molecule has 0 spiro atoms. The van der Waals surface area contributed by atoms with E-state index in [0.29, 0.717) is 6.04 Å². The van der Waals surface area contributed by atoms with E-state index < -0.39 is 0 Å². The number of aryl methyl sites for hydroxylation is 1. The number of rotatable bonds is 3. The lowest BCUT2D eigenvalue weighted by atomic mass is 9.97. The molecule has 2 fully saturated rings. The number of fused-ring (bicyclic) bond motifs is 6. The fourth-order valence-electron chi connectivity index (χ4n) is 5.46. The largest absolute Gasteiger partial charge is 0.343 e. The number of aromatic nitrogens is 1. The van der Waals surface area contributed by atoms with Gasteiger partial charge >= 0.3 is 0 Å². The van der Waals surface area contributed by atoms with E-state index in [1.165, 1.54) is 74.7 Å². The second-order valence-electron chi connectivity index (χ2n) is 8.20. The van der Waals surface area contributed by atoms with Gasteiger partial charge in [0.05, 0.1) is 0 Å². The Morgan fingerprint density at radius 3 is 2.75 bits per heavy atom. The summed E-state index contributed by atoms with van der Waals surface area (Å²) in [5, 5.41) is 1.52. The average Bonchev–Trinajstić information content (AvgIpc) is 3.23. The molecule has 2 unspecified atom stereocenters. The highest BCUT2D eigenvalue weighted by Crippen LogP contribution is 2.46. The van der Waals surface area contributed by atoms with E-state index in [2.05, 4.69) is 46.5 Å². The minimum Gasteiger partial charge on any atom is -0.343 e. The van der Waals surface area contributed by atoms with Gasteiger partial charge in [-0.15, -0.1) is 0 Å². The molecule has 0 aliphatic carbocycles. The quantitative estimate of drug-likeness (QED) is 0.852. The van der Waals surface area contributed by atoms with Crippen LogP contribution in [0.4, 0.5) is 0 Å². The van der Waals surface area contributed by atoms with E-state index in [1.54, 1.807) is 11.3 Å². The van der Waals surface area contributed by atoms with Crippen LogP contribution >= 0.6 is 0 Å². The van der Waals surface area contributed by atoms with Gasteiger partial charge in [-0.25, -0.2) is 0 Å². The van der Waals surface area contributed by atoms with Crippen LogP contribution in [0, 0.1) is 6.92 Å². The minimum atomic E-state index is 0.650. The Balaban J connectivity index is 1.60. The maximum absolute atomic E-state index is 2.69. The van der Waals surface area contributed by atoms with E-state index in [4.69, 9.17) is 0 Å². The fraction of sp³-hybridized carbons (Fsp3) is 0.619. The van der Waals surface area contributed by atoms with Crippen molar-refractivity contribution in [3.8, 4) is 0 Å². The van der Waals surface area contributed by atoms with Crippen LogP contribution < -0.4 is 0 Å². The van der Waals surface area contributed by atoms with Crippen LogP contribution in [-0.4, -0.2) is 47.1 Å². The Labute approximate surface area is 145 Å². The standard InChI is InChI=1S/C21H29N3/c1-15-5-7-17-19(13-15)24(12-11-23-9-3-4-10-23)20-14-16-6-8-18(21(17)20)22(16)2/h5,7,13,16,18H,3-4,6,8-12,14H2,1-2H3. The summed E-state index contributed by atoms with van der Waals surface area (Å²) in [7, 11) is 2.34. The number of nitrogens with zero attached hydrogens (tertiary/aromatic N) is 3. The van der Waals surface area contributed by atoms with Gasteiger partial charge in [0.2, 0.25) is 0 Å². The zero-order valence-corrected chi connectivity index (χ0v) is 15.1. The number of benzene rings is 1. The molecule has 1 aromatic heterocycles. The highest BCUT2D eigenvalue weighted by atomic mass is 15.2. The smallest absolute Gasteiger partial charge is 0.0489 e. The van der Waals surface area contributed by atoms with E-state index in [1.807, 2.05) is 0 Å². The van der Waals surface area contributed by atoms with E-state index >= 15 is 0 Å².